The molecule has 0 bridgehead atoms. The maximum Gasteiger partial charge on any atom is 0.251 e. The van der Waals surface area contributed by atoms with E-state index in [1.54, 1.807) is 30.5 Å². The van der Waals surface area contributed by atoms with Crippen LogP contribution in [0.3, 0.4) is 0 Å². The minimum atomic E-state index is -0.613. The van der Waals surface area contributed by atoms with E-state index in [9.17, 15) is 9.59 Å². The summed E-state index contributed by atoms with van der Waals surface area (Å²) >= 11 is 5.89. The molecule has 2 atom stereocenters. The largest absolute Gasteiger partial charge is 0.357 e. The molecule has 0 saturated carbocycles. The van der Waals surface area contributed by atoms with Gasteiger partial charge in [-0.15, -0.1) is 0 Å². The van der Waals surface area contributed by atoms with Crippen LogP contribution in [0, 0.1) is 5.92 Å². The maximum absolute atomic E-state index is 12.9. The van der Waals surface area contributed by atoms with E-state index in [1.165, 1.54) is 12.8 Å². The molecular weight excluding hydrogens is 400 g/mol. The summed E-state index contributed by atoms with van der Waals surface area (Å²) in [6, 6.07) is 9.95. The summed E-state index contributed by atoms with van der Waals surface area (Å²) in [4.78, 5) is 32.2. The minimum absolute atomic E-state index is 0.00106. The Labute approximate surface area is 183 Å². The Morgan fingerprint density at radius 1 is 1.17 bits per heavy atom. The van der Waals surface area contributed by atoms with Crippen molar-refractivity contribution in [1.82, 2.24) is 15.6 Å². The van der Waals surface area contributed by atoms with Gasteiger partial charge in [0.2, 0.25) is 5.91 Å². The third-order valence-corrected chi connectivity index (χ3v) is 5.85. The number of hydrogen-bond donors (Lipinski definition) is 2. The highest BCUT2D eigenvalue weighted by atomic mass is 35.5. The number of anilines is 1. The Hall–Kier alpha value is -2.60. The van der Waals surface area contributed by atoms with Gasteiger partial charge in [0.1, 0.15) is 11.9 Å². The van der Waals surface area contributed by atoms with Crippen molar-refractivity contribution in [3.63, 3.8) is 0 Å². The maximum atomic E-state index is 12.9. The minimum Gasteiger partial charge on any atom is -0.357 e. The quantitative estimate of drug-likeness (QED) is 0.670. The lowest BCUT2D eigenvalue weighted by Gasteiger charge is -2.24. The standard InChI is InChI=1S/C23H29ClN4O2/c1-3-16(2)21(27-22(29)18-6-8-19(24)9-7-18)23(30)26-15-17-10-11-25-20(14-17)28-12-4-5-13-28/h6-11,14,16,21H,3-5,12-13,15H2,1-2H3,(H,26,30)(H,27,29). The number of aromatic nitrogens is 1. The normalized spacial score (nSPS) is 15.5. The highest BCUT2D eigenvalue weighted by Crippen LogP contribution is 2.18. The van der Waals surface area contributed by atoms with Crippen LogP contribution in [-0.2, 0) is 11.3 Å². The molecule has 1 fully saturated rings. The number of halogens is 1. The molecule has 1 aliphatic heterocycles. The van der Waals surface area contributed by atoms with Gasteiger partial charge >= 0.3 is 0 Å². The number of pyridine rings is 1. The van der Waals surface area contributed by atoms with Gasteiger partial charge < -0.3 is 15.5 Å². The second-order valence-electron chi connectivity index (χ2n) is 7.78. The van der Waals surface area contributed by atoms with Crippen LogP contribution in [0.15, 0.2) is 42.6 Å². The Morgan fingerprint density at radius 2 is 1.87 bits per heavy atom. The second kappa shape index (κ2) is 10.4. The van der Waals surface area contributed by atoms with E-state index in [1.807, 2.05) is 26.0 Å². The summed E-state index contributed by atoms with van der Waals surface area (Å²) < 4.78 is 0. The zero-order valence-corrected chi connectivity index (χ0v) is 18.3. The molecule has 0 aliphatic carbocycles. The van der Waals surface area contributed by atoms with E-state index in [-0.39, 0.29) is 17.7 Å². The molecule has 2 unspecified atom stereocenters. The van der Waals surface area contributed by atoms with Gasteiger partial charge in [-0.25, -0.2) is 4.98 Å². The number of nitrogens with one attached hydrogen (secondary N) is 2. The zero-order valence-electron chi connectivity index (χ0n) is 17.5. The van der Waals surface area contributed by atoms with Crippen LogP contribution < -0.4 is 15.5 Å². The van der Waals surface area contributed by atoms with E-state index in [4.69, 9.17) is 11.6 Å². The van der Waals surface area contributed by atoms with Gasteiger partial charge in [-0.1, -0.05) is 31.9 Å². The van der Waals surface area contributed by atoms with Crippen LogP contribution in [0.25, 0.3) is 0 Å². The second-order valence-corrected chi connectivity index (χ2v) is 8.21. The summed E-state index contributed by atoms with van der Waals surface area (Å²) in [5.41, 5.74) is 1.47. The van der Waals surface area contributed by atoms with E-state index >= 15 is 0 Å². The van der Waals surface area contributed by atoms with Gasteiger partial charge in [0.05, 0.1) is 0 Å². The molecule has 30 heavy (non-hydrogen) atoms. The van der Waals surface area contributed by atoms with E-state index in [0.29, 0.717) is 17.1 Å². The average molecular weight is 429 g/mol. The molecule has 3 rings (SSSR count). The summed E-state index contributed by atoms with van der Waals surface area (Å²) in [5.74, 6) is 0.478. The third-order valence-electron chi connectivity index (χ3n) is 5.60. The first-order valence-electron chi connectivity index (χ1n) is 10.5. The third kappa shape index (κ3) is 5.72. The van der Waals surface area contributed by atoms with Gasteiger partial charge in [-0.2, -0.15) is 0 Å². The number of carbonyl (C=O) groups is 2. The number of amides is 2. The van der Waals surface area contributed by atoms with Crippen molar-refractivity contribution >= 4 is 29.2 Å². The number of benzene rings is 1. The van der Waals surface area contributed by atoms with Crippen molar-refractivity contribution in [1.29, 1.82) is 0 Å². The summed E-state index contributed by atoms with van der Waals surface area (Å²) in [5, 5.41) is 6.42. The molecule has 0 spiro atoms. The Morgan fingerprint density at radius 3 is 2.53 bits per heavy atom. The number of carbonyl (C=O) groups excluding carboxylic acids is 2. The van der Waals surface area contributed by atoms with Gasteiger partial charge in [0, 0.05) is 36.4 Å². The molecule has 6 nitrogen and oxygen atoms in total. The molecule has 2 amide bonds. The molecule has 1 aromatic heterocycles. The van der Waals surface area contributed by atoms with Crippen molar-refractivity contribution in [2.75, 3.05) is 18.0 Å². The fraction of sp³-hybridized carbons (Fsp3) is 0.435. The molecule has 2 N–H and O–H groups in total. The molecule has 2 aromatic rings. The van der Waals surface area contributed by atoms with Crippen LogP contribution in [0.4, 0.5) is 5.82 Å². The van der Waals surface area contributed by atoms with Crippen LogP contribution in [0.1, 0.15) is 49.0 Å². The predicted octanol–water partition coefficient (Wildman–Crippen LogP) is 3.80. The monoisotopic (exact) mass is 428 g/mol. The number of hydrogen-bond acceptors (Lipinski definition) is 4. The molecule has 1 saturated heterocycles. The van der Waals surface area contributed by atoms with Crippen LogP contribution in [-0.4, -0.2) is 35.9 Å². The Bertz CT molecular complexity index is 866. The fourth-order valence-corrected chi connectivity index (χ4v) is 3.64. The first-order chi connectivity index (χ1) is 14.5. The van der Waals surface area contributed by atoms with Crippen molar-refractivity contribution in [3.05, 3.63) is 58.7 Å². The van der Waals surface area contributed by atoms with Gasteiger partial charge in [-0.05, 0) is 60.7 Å². The van der Waals surface area contributed by atoms with E-state index < -0.39 is 6.04 Å². The lowest BCUT2D eigenvalue weighted by molar-refractivity contribution is -0.124. The molecule has 2 heterocycles. The van der Waals surface area contributed by atoms with Gasteiger partial charge in [0.25, 0.3) is 5.91 Å². The molecule has 7 heteroatoms. The lowest BCUT2D eigenvalue weighted by atomic mass is 9.97. The Balaban J connectivity index is 1.63. The smallest absolute Gasteiger partial charge is 0.251 e. The Kier molecular flexibility index (Phi) is 7.69. The van der Waals surface area contributed by atoms with Crippen molar-refractivity contribution in [3.8, 4) is 0 Å². The summed E-state index contributed by atoms with van der Waals surface area (Å²) in [7, 11) is 0. The highest BCUT2D eigenvalue weighted by molar-refractivity contribution is 6.30. The average Bonchev–Trinajstić information content (AvgIpc) is 3.31. The topological polar surface area (TPSA) is 74.3 Å². The molecule has 0 radical (unpaired) electrons. The van der Waals surface area contributed by atoms with Crippen LogP contribution in [0.2, 0.25) is 5.02 Å². The number of rotatable bonds is 8. The van der Waals surface area contributed by atoms with Crippen LogP contribution >= 0.6 is 11.6 Å². The van der Waals surface area contributed by atoms with E-state index in [2.05, 4.69) is 20.5 Å². The summed E-state index contributed by atoms with van der Waals surface area (Å²) in [6.07, 6.45) is 4.93. The first kappa shape index (κ1) is 22.1. The van der Waals surface area contributed by atoms with Gasteiger partial charge in [-0.3, -0.25) is 9.59 Å². The van der Waals surface area contributed by atoms with Crippen molar-refractivity contribution in [2.45, 2.75) is 45.7 Å². The predicted molar refractivity (Wildman–Crippen MR) is 120 cm³/mol. The van der Waals surface area contributed by atoms with E-state index in [0.717, 1.165) is 30.9 Å². The summed E-state index contributed by atoms with van der Waals surface area (Å²) in [6.45, 7) is 6.41. The van der Waals surface area contributed by atoms with Crippen molar-refractivity contribution in [2.24, 2.45) is 5.92 Å². The first-order valence-corrected chi connectivity index (χ1v) is 10.9. The SMILES string of the molecule is CCC(C)C(NC(=O)c1ccc(Cl)cc1)C(=O)NCc1ccnc(N2CCCC2)c1. The number of nitrogens with zero attached hydrogens (tertiary/aromatic N) is 2. The fourth-order valence-electron chi connectivity index (χ4n) is 3.52. The molecule has 1 aliphatic rings. The van der Waals surface area contributed by atoms with Crippen molar-refractivity contribution < 1.29 is 9.59 Å². The molecular formula is C23H29ClN4O2. The van der Waals surface area contributed by atoms with Gasteiger partial charge in [0.15, 0.2) is 0 Å². The highest BCUT2D eigenvalue weighted by Gasteiger charge is 2.26. The zero-order chi connectivity index (χ0) is 21.5. The molecule has 1 aromatic carbocycles. The lowest BCUT2D eigenvalue weighted by Crippen LogP contribution is -2.50. The van der Waals surface area contributed by atoms with Crippen LogP contribution in [0.5, 0.6) is 0 Å². The molecule has 160 valence electrons.